The number of aliphatic hydroxyl groups excluding tert-OH is 1. The fraction of sp³-hybridized carbons (Fsp3) is 0.889. The molecule has 0 aliphatic heterocycles. The first-order valence-electron chi connectivity index (χ1n) is 4.32. The van der Waals surface area contributed by atoms with Gasteiger partial charge >= 0.3 is 5.97 Å². The number of aliphatic hydroxyl groups is 2. The molecule has 0 fully saturated rings. The molecule has 0 radical (unpaired) electrons. The van der Waals surface area contributed by atoms with Crippen LogP contribution in [-0.2, 0) is 9.53 Å². The van der Waals surface area contributed by atoms with Crippen LogP contribution in [0, 0.1) is 5.92 Å². The van der Waals surface area contributed by atoms with E-state index in [-0.39, 0.29) is 18.5 Å². The molecule has 0 rings (SSSR count). The van der Waals surface area contributed by atoms with Crippen LogP contribution in [0.25, 0.3) is 0 Å². The lowest BCUT2D eigenvalue weighted by atomic mass is 10.0. The first-order valence-corrected chi connectivity index (χ1v) is 4.32. The van der Waals surface area contributed by atoms with Crippen LogP contribution >= 0.6 is 0 Å². The summed E-state index contributed by atoms with van der Waals surface area (Å²) in [5.74, 6) is -0.586. The van der Waals surface area contributed by atoms with Crippen LogP contribution < -0.4 is 0 Å². The van der Waals surface area contributed by atoms with Crippen molar-refractivity contribution in [2.24, 2.45) is 5.92 Å². The molecule has 0 aliphatic rings. The number of ether oxygens (including phenoxy) is 1. The van der Waals surface area contributed by atoms with Crippen LogP contribution in [0.3, 0.4) is 0 Å². The average molecular weight is 190 g/mol. The van der Waals surface area contributed by atoms with Gasteiger partial charge in [0.2, 0.25) is 0 Å². The minimum atomic E-state index is -1.24. The second kappa shape index (κ2) is 4.58. The molecule has 0 aromatic heterocycles. The van der Waals surface area contributed by atoms with Gasteiger partial charge < -0.3 is 14.9 Å². The Morgan fingerprint density at radius 2 is 1.92 bits per heavy atom. The van der Waals surface area contributed by atoms with Crippen molar-refractivity contribution in [3.8, 4) is 0 Å². The van der Waals surface area contributed by atoms with Gasteiger partial charge in [0.05, 0.1) is 11.5 Å². The van der Waals surface area contributed by atoms with E-state index in [1.165, 1.54) is 13.8 Å². The van der Waals surface area contributed by atoms with Crippen molar-refractivity contribution < 1.29 is 19.7 Å². The zero-order valence-electron chi connectivity index (χ0n) is 8.57. The van der Waals surface area contributed by atoms with E-state index in [1.807, 2.05) is 0 Å². The van der Waals surface area contributed by atoms with Gasteiger partial charge in [0.25, 0.3) is 0 Å². The zero-order valence-corrected chi connectivity index (χ0v) is 8.57. The topological polar surface area (TPSA) is 66.8 Å². The van der Waals surface area contributed by atoms with Crippen molar-refractivity contribution in [1.29, 1.82) is 0 Å². The third-order valence-corrected chi connectivity index (χ3v) is 1.67. The molecule has 0 aliphatic carbocycles. The van der Waals surface area contributed by atoms with E-state index in [4.69, 9.17) is 4.74 Å². The third kappa shape index (κ3) is 4.85. The first-order chi connectivity index (χ1) is 5.75. The van der Waals surface area contributed by atoms with Gasteiger partial charge in [-0.2, -0.15) is 0 Å². The molecule has 4 nitrogen and oxygen atoms in total. The number of carbonyl (C=O) groups is 1. The average Bonchev–Trinajstić information content (AvgIpc) is 1.97. The van der Waals surface area contributed by atoms with Crippen molar-refractivity contribution in [2.45, 2.75) is 39.4 Å². The van der Waals surface area contributed by atoms with E-state index in [0.29, 0.717) is 0 Å². The number of carbonyl (C=O) groups excluding carboxylic acids is 1. The summed E-state index contributed by atoms with van der Waals surface area (Å²) in [6.45, 7) is 6.17. The van der Waals surface area contributed by atoms with Crippen LogP contribution in [0.15, 0.2) is 0 Å². The van der Waals surface area contributed by atoms with Gasteiger partial charge in [0.15, 0.2) is 0 Å². The predicted molar refractivity (Wildman–Crippen MR) is 48.1 cm³/mol. The molecule has 0 aromatic rings. The smallest absolute Gasteiger partial charge is 0.308 e. The van der Waals surface area contributed by atoms with E-state index in [9.17, 15) is 15.0 Å². The Morgan fingerprint density at radius 1 is 1.46 bits per heavy atom. The molecule has 4 heteroatoms. The van der Waals surface area contributed by atoms with Crippen LogP contribution in [0.1, 0.15) is 27.7 Å². The minimum Gasteiger partial charge on any atom is -0.463 e. The molecule has 78 valence electrons. The second-order valence-corrected chi connectivity index (χ2v) is 3.95. The van der Waals surface area contributed by atoms with Crippen molar-refractivity contribution in [1.82, 2.24) is 0 Å². The maximum atomic E-state index is 11.0. The molecule has 2 N–H and O–H groups in total. The number of hydrogen-bond donors (Lipinski definition) is 2. The normalized spacial score (nSPS) is 14.4. The summed E-state index contributed by atoms with van der Waals surface area (Å²) in [6, 6.07) is 0. The maximum absolute atomic E-state index is 11.0. The third-order valence-electron chi connectivity index (χ3n) is 1.67. The van der Waals surface area contributed by atoms with Gasteiger partial charge in [0.1, 0.15) is 12.7 Å². The summed E-state index contributed by atoms with van der Waals surface area (Å²) >= 11 is 0. The minimum absolute atomic E-state index is 0.166. The number of rotatable bonds is 4. The first kappa shape index (κ1) is 12.4. The van der Waals surface area contributed by atoms with Gasteiger partial charge in [-0.1, -0.05) is 13.8 Å². The summed E-state index contributed by atoms with van der Waals surface area (Å²) in [4.78, 5) is 11.0. The fourth-order valence-electron chi connectivity index (χ4n) is 0.532. The molecule has 1 atom stereocenters. The molecule has 0 saturated heterocycles. The van der Waals surface area contributed by atoms with Crippen molar-refractivity contribution >= 4 is 5.97 Å². The standard InChI is InChI=1S/C9H18O4/c1-6(2)8(11)13-5-7(10)9(3,4)12/h6-7,10,12H,5H2,1-4H3. The predicted octanol–water partition coefficient (Wildman–Crippen LogP) is 0.317. The number of hydrogen-bond acceptors (Lipinski definition) is 4. The SMILES string of the molecule is CC(C)C(=O)OCC(O)C(C)(C)O. The summed E-state index contributed by atoms with van der Waals surface area (Å²) in [5, 5.41) is 18.6. The van der Waals surface area contributed by atoms with Gasteiger partial charge in [-0.15, -0.1) is 0 Å². The fourth-order valence-corrected chi connectivity index (χ4v) is 0.532. The lowest BCUT2D eigenvalue weighted by Crippen LogP contribution is -2.40. The molecule has 0 heterocycles. The maximum Gasteiger partial charge on any atom is 0.308 e. The summed E-state index contributed by atoms with van der Waals surface area (Å²) in [7, 11) is 0. The molecular weight excluding hydrogens is 172 g/mol. The van der Waals surface area contributed by atoms with Crippen molar-refractivity contribution in [2.75, 3.05) is 6.61 Å². The van der Waals surface area contributed by atoms with Crippen molar-refractivity contribution in [3.05, 3.63) is 0 Å². The Morgan fingerprint density at radius 3 is 2.23 bits per heavy atom. The largest absolute Gasteiger partial charge is 0.463 e. The molecule has 0 spiro atoms. The highest BCUT2D eigenvalue weighted by Gasteiger charge is 2.26. The Hall–Kier alpha value is -0.610. The summed E-state index contributed by atoms with van der Waals surface area (Å²) in [6.07, 6.45) is -1.05. The van der Waals surface area contributed by atoms with E-state index in [1.54, 1.807) is 13.8 Å². The molecule has 0 bridgehead atoms. The van der Waals surface area contributed by atoms with Crippen molar-refractivity contribution in [3.63, 3.8) is 0 Å². The van der Waals surface area contributed by atoms with Crippen LogP contribution in [0.2, 0.25) is 0 Å². The van der Waals surface area contributed by atoms with E-state index in [0.717, 1.165) is 0 Å². The Balaban J connectivity index is 3.84. The molecular formula is C9H18O4. The van der Waals surface area contributed by atoms with Crippen LogP contribution in [0.5, 0.6) is 0 Å². The van der Waals surface area contributed by atoms with E-state index in [2.05, 4.69) is 0 Å². The highest BCUT2D eigenvalue weighted by atomic mass is 16.5. The quantitative estimate of drug-likeness (QED) is 0.626. The molecule has 0 amide bonds. The molecule has 0 aromatic carbocycles. The highest BCUT2D eigenvalue weighted by Crippen LogP contribution is 2.09. The number of esters is 1. The summed E-state index contributed by atoms with van der Waals surface area (Å²) < 4.78 is 4.74. The second-order valence-electron chi connectivity index (χ2n) is 3.95. The van der Waals surface area contributed by atoms with Gasteiger partial charge in [-0.05, 0) is 13.8 Å². The van der Waals surface area contributed by atoms with Gasteiger partial charge in [-0.25, -0.2) is 0 Å². The Bertz CT molecular complexity index is 169. The molecule has 13 heavy (non-hydrogen) atoms. The van der Waals surface area contributed by atoms with E-state index >= 15 is 0 Å². The lowest BCUT2D eigenvalue weighted by Gasteiger charge is -2.24. The Kier molecular flexibility index (Phi) is 4.36. The molecule has 1 unspecified atom stereocenters. The lowest BCUT2D eigenvalue weighted by molar-refractivity contribution is -0.155. The van der Waals surface area contributed by atoms with Crippen LogP contribution in [-0.4, -0.2) is 34.5 Å². The van der Waals surface area contributed by atoms with E-state index < -0.39 is 11.7 Å². The van der Waals surface area contributed by atoms with Crippen LogP contribution in [0.4, 0.5) is 0 Å². The monoisotopic (exact) mass is 190 g/mol. The summed E-state index contributed by atoms with van der Waals surface area (Å²) in [5.41, 5.74) is -1.24. The molecule has 0 saturated carbocycles. The zero-order chi connectivity index (χ0) is 10.6. The Labute approximate surface area is 78.5 Å². The highest BCUT2D eigenvalue weighted by molar-refractivity contribution is 5.71. The van der Waals surface area contributed by atoms with Gasteiger partial charge in [0, 0.05) is 0 Å². The van der Waals surface area contributed by atoms with Gasteiger partial charge in [-0.3, -0.25) is 4.79 Å².